The Kier molecular flexibility index (Phi) is 3.31. The Labute approximate surface area is 116 Å². The van der Waals surface area contributed by atoms with Crippen LogP contribution in [0.5, 0.6) is 5.75 Å². The van der Waals surface area contributed by atoms with Gasteiger partial charge in [0.05, 0.1) is 5.69 Å². The van der Waals surface area contributed by atoms with Gasteiger partial charge in [0.15, 0.2) is 6.61 Å². The first-order valence-corrected chi connectivity index (χ1v) is 6.74. The van der Waals surface area contributed by atoms with Crippen molar-refractivity contribution in [2.24, 2.45) is 11.7 Å². The Bertz CT molecular complexity index is 555. The lowest BCUT2D eigenvalue weighted by Crippen LogP contribution is -2.38. The maximum absolute atomic E-state index is 12.0. The highest BCUT2D eigenvalue weighted by molar-refractivity contribution is 5.99. The Hall–Kier alpha value is -2.08. The van der Waals surface area contributed by atoms with Crippen LogP contribution in [0.4, 0.5) is 5.69 Å². The molecule has 1 heterocycles. The molecular formula is C14H17N3O3. The number of amides is 2. The van der Waals surface area contributed by atoms with E-state index in [2.05, 4.69) is 10.6 Å². The molecule has 1 aromatic rings. The Morgan fingerprint density at radius 1 is 1.50 bits per heavy atom. The third kappa shape index (κ3) is 2.75. The lowest BCUT2D eigenvalue weighted by Gasteiger charge is -2.18. The molecule has 3 rings (SSSR count). The molecule has 6 nitrogen and oxygen atoms in total. The molecule has 0 radical (unpaired) electrons. The topological polar surface area (TPSA) is 93.5 Å². The SMILES string of the molecule is NC(CNC(=O)c1ccc2c(c1)NC(=O)CO2)C1CC1. The van der Waals surface area contributed by atoms with E-state index >= 15 is 0 Å². The van der Waals surface area contributed by atoms with Gasteiger partial charge in [0.2, 0.25) is 0 Å². The van der Waals surface area contributed by atoms with Crippen molar-refractivity contribution in [2.45, 2.75) is 18.9 Å². The molecule has 0 spiro atoms. The number of carbonyl (C=O) groups excluding carboxylic acids is 2. The van der Waals surface area contributed by atoms with Crippen LogP contribution in [0.1, 0.15) is 23.2 Å². The number of hydrogen-bond donors (Lipinski definition) is 3. The number of carbonyl (C=O) groups is 2. The quantitative estimate of drug-likeness (QED) is 0.745. The minimum atomic E-state index is -0.217. The molecule has 1 aliphatic carbocycles. The first-order valence-electron chi connectivity index (χ1n) is 6.74. The zero-order chi connectivity index (χ0) is 14.1. The fourth-order valence-electron chi connectivity index (χ4n) is 2.23. The van der Waals surface area contributed by atoms with Gasteiger partial charge in [-0.15, -0.1) is 0 Å². The largest absolute Gasteiger partial charge is 0.482 e. The molecule has 6 heteroatoms. The molecule has 0 saturated heterocycles. The summed E-state index contributed by atoms with van der Waals surface area (Å²) in [6.07, 6.45) is 2.30. The second kappa shape index (κ2) is 5.13. The summed E-state index contributed by atoms with van der Waals surface area (Å²) in [5, 5.41) is 5.50. The summed E-state index contributed by atoms with van der Waals surface area (Å²) in [5.74, 6) is 0.719. The molecule has 4 N–H and O–H groups in total. The summed E-state index contributed by atoms with van der Waals surface area (Å²) in [7, 11) is 0. The van der Waals surface area contributed by atoms with E-state index in [0.29, 0.717) is 29.5 Å². The summed E-state index contributed by atoms with van der Waals surface area (Å²) in [6, 6.07) is 5.00. The zero-order valence-electron chi connectivity index (χ0n) is 11.0. The highest BCUT2D eigenvalue weighted by Crippen LogP contribution is 2.31. The van der Waals surface area contributed by atoms with E-state index in [-0.39, 0.29) is 24.5 Å². The van der Waals surface area contributed by atoms with Crippen LogP contribution in [-0.2, 0) is 4.79 Å². The molecule has 2 amide bonds. The first-order chi connectivity index (χ1) is 9.63. The smallest absolute Gasteiger partial charge is 0.262 e. The van der Waals surface area contributed by atoms with Gasteiger partial charge < -0.3 is 21.1 Å². The van der Waals surface area contributed by atoms with Gasteiger partial charge in [0.25, 0.3) is 11.8 Å². The van der Waals surface area contributed by atoms with E-state index in [0.717, 1.165) is 12.8 Å². The van der Waals surface area contributed by atoms with Gasteiger partial charge >= 0.3 is 0 Å². The fraction of sp³-hybridized carbons (Fsp3) is 0.429. The lowest BCUT2D eigenvalue weighted by atomic mass is 10.1. The van der Waals surface area contributed by atoms with Crippen molar-refractivity contribution < 1.29 is 14.3 Å². The lowest BCUT2D eigenvalue weighted by molar-refractivity contribution is -0.118. The second-order valence-corrected chi connectivity index (χ2v) is 5.26. The van der Waals surface area contributed by atoms with Crippen LogP contribution in [0, 0.1) is 5.92 Å². The van der Waals surface area contributed by atoms with Crippen LogP contribution in [-0.4, -0.2) is 31.0 Å². The highest BCUT2D eigenvalue weighted by atomic mass is 16.5. The Balaban J connectivity index is 1.65. The van der Waals surface area contributed by atoms with Crippen molar-refractivity contribution in [2.75, 3.05) is 18.5 Å². The van der Waals surface area contributed by atoms with Crippen LogP contribution in [0.2, 0.25) is 0 Å². The Morgan fingerprint density at radius 2 is 2.30 bits per heavy atom. The standard InChI is InChI=1S/C14H17N3O3/c15-10(8-1-2-8)6-16-14(19)9-3-4-12-11(5-9)17-13(18)7-20-12/h3-5,8,10H,1-2,6-7,15H2,(H,16,19)(H,17,18). The maximum Gasteiger partial charge on any atom is 0.262 e. The third-order valence-electron chi connectivity index (χ3n) is 3.60. The minimum absolute atomic E-state index is 0.00872. The summed E-state index contributed by atoms with van der Waals surface area (Å²) < 4.78 is 5.24. The summed E-state index contributed by atoms with van der Waals surface area (Å²) in [4.78, 5) is 23.3. The monoisotopic (exact) mass is 275 g/mol. The van der Waals surface area contributed by atoms with Gasteiger partial charge in [0, 0.05) is 18.2 Å². The van der Waals surface area contributed by atoms with Gasteiger partial charge in [-0.1, -0.05) is 0 Å². The number of hydrogen-bond acceptors (Lipinski definition) is 4. The average molecular weight is 275 g/mol. The van der Waals surface area contributed by atoms with Gasteiger partial charge in [-0.2, -0.15) is 0 Å². The van der Waals surface area contributed by atoms with Crippen LogP contribution in [0.15, 0.2) is 18.2 Å². The molecule has 0 aromatic heterocycles. The second-order valence-electron chi connectivity index (χ2n) is 5.26. The highest BCUT2D eigenvalue weighted by Gasteiger charge is 2.28. The van der Waals surface area contributed by atoms with E-state index in [9.17, 15) is 9.59 Å². The van der Waals surface area contributed by atoms with Crippen LogP contribution in [0.3, 0.4) is 0 Å². The number of rotatable bonds is 4. The molecular weight excluding hydrogens is 258 g/mol. The molecule has 1 aliphatic heterocycles. The normalized spacial score (nSPS) is 18.6. The number of anilines is 1. The molecule has 1 unspecified atom stereocenters. The van der Waals surface area contributed by atoms with E-state index in [4.69, 9.17) is 10.5 Å². The van der Waals surface area contributed by atoms with Gasteiger partial charge in [0.1, 0.15) is 5.75 Å². The molecule has 1 fully saturated rings. The number of nitrogens with two attached hydrogens (primary N) is 1. The number of ether oxygens (including phenoxy) is 1. The van der Waals surface area contributed by atoms with Crippen molar-refractivity contribution >= 4 is 17.5 Å². The van der Waals surface area contributed by atoms with E-state index in [1.165, 1.54) is 0 Å². The third-order valence-corrected chi connectivity index (χ3v) is 3.60. The molecule has 106 valence electrons. The molecule has 20 heavy (non-hydrogen) atoms. The van der Waals surface area contributed by atoms with Crippen molar-refractivity contribution in [3.8, 4) is 5.75 Å². The van der Waals surface area contributed by atoms with E-state index in [1.807, 2.05) is 0 Å². The molecule has 1 atom stereocenters. The van der Waals surface area contributed by atoms with E-state index in [1.54, 1.807) is 18.2 Å². The predicted molar refractivity (Wildman–Crippen MR) is 73.6 cm³/mol. The van der Waals surface area contributed by atoms with Crippen molar-refractivity contribution in [1.29, 1.82) is 0 Å². The fourth-order valence-corrected chi connectivity index (χ4v) is 2.23. The van der Waals surface area contributed by atoms with Crippen molar-refractivity contribution in [3.63, 3.8) is 0 Å². The maximum atomic E-state index is 12.0. The van der Waals surface area contributed by atoms with Gasteiger partial charge in [-0.3, -0.25) is 9.59 Å². The van der Waals surface area contributed by atoms with Crippen LogP contribution in [0.25, 0.3) is 0 Å². The van der Waals surface area contributed by atoms with Crippen molar-refractivity contribution in [1.82, 2.24) is 5.32 Å². The zero-order valence-corrected chi connectivity index (χ0v) is 11.0. The van der Waals surface area contributed by atoms with Crippen LogP contribution >= 0.6 is 0 Å². The summed E-state index contributed by atoms with van der Waals surface area (Å²) in [5.41, 5.74) is 6.95. The van der Waals surface area contributed by atoms with Gasteiger partial charge in [-0.05, 0) is 37.0 Å². The van der Waals surface area contributed by atoms with E-state index < -0.39 is 0 Å². The molecule has 2 aliphatic rings. The average Bonchev–Trinajstić information content (AvgIpc) is 3.28. The number of nitrogens with one attached hydrogen (secondary N) is 2. The van der Waals surface area contributed by atoms with Crippen LogP contribution < -0.4 is 21.1 Å². The first kappa shape index (κ1) is 12.9. The summed E-state index contributed by atoms with van der Waals surface area (Å²) >= 11 is 0. The minimum Gasteiger partial charge on any atom is -0.482 e. The summed E-state index contributed by atoms with van der Waals surface area (Å²) in [6.45, 7) is 0.484. The van der Waals surface area contributed by atoms with Crippen molar-refractivity contribution in [3.05, 3.63) is 23.8 Å². The molecule has 0 bridgehead atoms. The number of benzene rings is 1. The molecule has 1 aromatic carbocycles. The van der Waals surface area contributed by atoms with Gasteiger partial charge in [-0.25, -0.2) is 0 Å². The number of fused-ring (bicyclic) bond motifs is 1. The predicted octanol–water partition coefficient (Wildman–Crippen LogP) is 0.485. The Morgan fingerprint density at radius 3 is 3.05 bits per heavy atom. The molecule has 1 saturated carbocycles.